The van der Waals surface area contributed by atoms with Gasteiger partial charge in [-0.05, 0) is 19.1 Å². The molecule has 94 valence electrons. The molecule has 0 saturated heterocycles. The van der Waals surface area contributed by atoms with E-state index in [1.54, 1.807) is 31.2 Å². The fourth-order valence-electron chi connectivity index (χ4n) is 1.58. The first-order valence-electron chi connectivity index (χ1n) is 5.25. The number of hydrogen-bond donors (Lipinski definition) is 1. The van der Waals surface area contributed by atoms with E-state index in [9.17, 15) is 9.59 Å². The molecule has 0 bridgehead atoms. The van der Waals surface area contributed by atoms with Crippen molar-refractivity contribution >= 4 is 11.8 Å². The SMILES string of the molecule is CON/C(C)=C\ON1C(=O)c2ccccc2C1=O. The lowest BCUT2D eigenvalue weighted by molar-refractivity contribution is -0.0451. The molecule has 0 saturated carbocycles. The number of allylic oxidation sites excluding steroid dienone is 1. The van der Waals surface area contributed by atoms with Gasteiger partial charge in [0.15, 0.2) is 0 Å². The molecule has 0 aromatic heterocycles. The number of nitrogens with one attached hydrogen (secondary N) is 1. The number of hydrogen-bond acceptors (Lipinski definition) is 5. The van der Waals surface area contributed by atoms with Crippen molar-refractivity contribution in [2.24, 2.45) is 0 Å². The number of hydroxylamine groups is 3. The Bertz CT molecular complexity index is 490. The Labute approximate surface area is 104 Å². The van der Waals surface area contributed by atoms with Crippen molar-refractivity contribution < 1.29 is 19.3 Å². The van der Waals surface area contributed by atoms with Gasteiger partial charge in [0.25, 0.3) is 11.8 Å². The molecular weight excluding hydrogens is 236 g/mol. The summed E-state index contributed by atoms with van der Waals surface area (Å²) >= 11 is 0. The van der Waals surface area contributed by atoms with Gasteiger partial charge in [-0.25, -0.2) is 0 Å². The van der Waals surface area contributed by atoms with E-state index in [2.05, 4.69) is 10.3 Å². The van der Waals surface area contributed by atoms with Crippen molar-refractivity contribution in [2.75, 3.05) is 7.11 Å². The summed E-state index contributed by atoms with van der Waals surface area (Å²) in [5.74, 6) is -0.950. The first-order chi connectivity index (χ1) is 8.65. The monoisotopic (exact) mass is 248 g/mol. The van der Waals surface area contributed by atoms with E-state index in [-0.39, 0.29) is 0 Å². The second-order valence-electron chi connectivity index (χ2n) is 3.66. The van der Waals surface area contributed by atoms with Crippen LogP contribution in [0.15, 0.2) is 36.2 Å². The van der Waals surface area contributed by atoms with Crippen molar-refractivity contribution in [1.29, 1.82) is 0 Å². The lowest BCUT2D eigenvalue weighted by Gasteiger charge is -2.11. The second-order valence-corrected chi connectivity index (χ2v) is 3.66. The van der Waals surface area contributed by atoms with Crippen molar-refractivity contribution in [3.8, 4) is 0 Å². The van der Waals surface area contributed by atoms with E-state index >= 15 is 0 Å². The molecule has 0 aliphatic carbocycles. The Hall–Kier alpha value is -2.34. The summed E-state index contributed by atoms with van der Waals surface area (Å²) in [7, 11) is 1.44. The van der Waals surface area contributed by atoms with Gasteiger partial charge >= 0.3 is 0 Å². The quantitative estimate of drug-likeness (QED) is 0.493. The molecule has 2 amide bonds. The van der Waals surface area contributed by atoms with Crippen molar-refractivity contribution in [1.82, 2.24) is 10.5 Å². The molecule has 6 heteroatoms. The van der Waals surface area contributed by atoms with E-state index in [1.165, 1.54) is 13.4 Å². The van der Waals surface area contributed by atoms with E-state index in [4.69, 9.17) is 4.84 Å². The number of carbonyl (C=O) groups is 2. The number of fused-ring (bicyclic) bond motifs is 1. The summed E-state index contributed by atoms with van der Waals surface area (Å²) in [5.41, 5.74) is 3.71. The maximum atomic E-state index is 11.9. The number of carbonyl (C=O) groups excluding carboxylic acids is 2. The smallest absolute Gasteiger partial charge is 0.295 e. The third-order valence-corrected chi connectivity index (χ3v) is 2.35. The third-order valence-electron chi connectivity index (χ3n) is 2.35. The van der Waals surface area contributed by atoms with Crippen molar-refractivity contribution in [3.05, 3.63) is 47.4 Å². The first kappa shape index (κ1) is 12.1. The number of rotatable bonds is 4. The Morgan fingerprint density at radius 3 is 2.28 bits per heavy atom. The molecule has 1 N–H and O–H groups in total. The Morgan fingerprint density at radius 2 is 1.78 bits per heavy atom. The van der Waals surface area contributed by atoms with Crippen molar-refractivity contribution in [2.45, 2.75) is 6.92 Å². The summed E-state index contributed by atoms with van der Waals surface area (Å²) in [6.07, 6.45) is 1.23. The van der Waals surface area contributed by atoms with Gasteiger partial charge in [0, 0.05) is 0 Å². The van der Waals surface area contributed by atoms with Crippen LogP contribution in [0.4, 0.5) is 0 Å². The highest BCUT2D eigenvalue weighted by Crippen LogP contribution is 2.22. The molecule has 18 heavy (non-hydrogen) atoms. The van der Waals surface area contributed by atoms with Crippen LogP contribution in [0, 0.1) is 0 Å². The zero-order valence-electron chi connectivity index (χ0n) is 9.97. The fraction of sp³-hybridized carbons (Fsp3) is 0.167. The largest absolute Gasteiger partial charge is 0.374 e. The lowest BCUT2D eigenvalue weighted by atomic mass is 10.1. The molecule has 0 atom stereocenters. The molecule has 1 aliphatic heterocycles. The molecule has 1 aromatic rings. The first-order valence-corrected chi connectivity index (χ1v) is 5.25. The molecule has 2 rings (SSSR count). The predicted octanol–water partition coefficient (Wildman–Crippen LogP) is 1.23. The minimum Gasteiger partial charge on any atom is -0.374 e. The van der Waals surface area contributed by atoms with Crippen LogP contribution in [0.5, 0.6) is 0 Å². The van der Waals surface area contributed by atoms with E-state index in [0.717, 1.165) is 0 Å². The van der Waals surface area contributed by atoms with Crippen LogP contribution in [0.25, 0.3) is 0 Å². The van der Waals surface area contributed by atoms with Crippen LogP contribution in [0.2, 0.25) is 0 Å². The Balaban J connectivity index is 2.17. The van der Waals surface area contributed by atoms with Gasteiger partial charge in [-0.15, -0.1) is 0 Å². The minimum absolute atomic E-state index is 0.341. The molecule has 1 aliphatic rings. The van der Waals surface area contributed by atoms with Crippen LogP contribution < -0.4 is 5.48 Å². The summed E-state index contributed by atoms with van der Waals surface area (Å²) in [6.45, 7) is 1.67. The molecule has 0 unspecified atom stereocenters. The van der Waals surface area contributed by atoms with E-state index in [0.29, 0.717) is 21.9 Å². The molecule has 1 heterocycles. The number of amides is 2. The van der Waals surface area contributed by atoms with Gasteiger partial charge in [0.2, 0.25) is 0 Å². The standard InChI is InChI=1S/C12H12N2O4/c1-8(13-17-2)7-18-14-11(15)9-5-3-4-6-10(9)12(14)16/h3-7,13H,1-2H3/b8-7-. The number of nitrogens with zero attached hydrogens (tertiary/aromatic N) is 1. The highest BCUT2D eigenvalue weighted by molar-refractivity contribution is 6.20. The van der Waals surface area contributed by atoms with Gasteiger partial charge in [-0.1, -0.05) is 17.2 Å². The Morgan fingerprint density at radius 1 is 1.22 bits per heavy atom. The normalized spacial score (nSPS) is 14.8. The van der Waals surface area contributed by atoms with Gasteiger partial charge in [0.05, 0.1) is 23.9 Å². The van der Waals surface area contributed by atoms with Gasteiger partial charge in [-0.2, -0.15) is 0 Å². The highest BCUT2D eigenvalue weighted by Gasteiger charge is 2.36. The Kier molecular flexibility index (Phi) is 3.29. The average molecular weight is 248 g/mol. The van der Waals surface area contributed by atoms with E-state index < -0.39 is 11.8 Å². The van der Waals surface area contributed by atoms with Crippen LogP contribution in [0.3, 0.4) is 0 Å². The summed E-state index contributed by atoms with van der Waals surface area (Å²) < 4.78 is 0. The molecule has 0 spiro atoms. The van der Waals surface area contributed by atoms with Crippen molar-refractivity contribution in [3.63, 3.8) is 0 Å². The second kappa shape index (κ2) is 4.89. The highest BCUT2D eigenvalue weighted by atomic mass is 16.7. The molecular formula is C12H12N2O4. The zero-order valence-corrected chi connectivity index (χ0v) is 9.97. The van der Waals surface area contributed by atoms with Gasteiger partial charge in [-0.3, -0.25) is 19.9 Å². The number of imide groups is 1. The van der Waals surface area contributed by atoms with Crippen LogP contribution in [-0.4, -0.2) is 24.0 Å². The topological polar surface area (TPSA) is 67.9 Å². The van der Waals surface area contributed by atoms with E-state index in [1.807, 2.05) is 0 Å². The molecule has 6 nitrogen and oxygen atoms in total. The fourth-order valence-corrected chi connectivity index (χ4v) is 1.58. The number of benzene rings is 1. The minimum atomic E-state index is -0.475. The molecule has 0 radical (unpaired) electrons. The average Bonchev–Trinajstić information content (AvgIpc) is 2.61. The predicted molar refractivity (Wildman–Crippen MR) is 61.9 cm³/mol. The van der Waals surface area contributed by atoms with Gasteiger partial charge < -0.3 is 4.84 Å². The zero-order chi connectivity index (χ0) is 13.1. The molecule has 0 fully saturated rings. The summed E-state index contributed by atoms with van der Waals surface area (Å²) in [5, 5.41) is 0.714. The maximum absolute atomic E-state index is 11.9. The van der Waals surface area contributed by atoms with Gasteiger partial charge in [0.1, 0.15) is 6.26 Å². The van der Waals surface area contributed by atoms with Crippen LogP contribution in [-0.2, 0) is 9.68 Å². The lowest BCUT2D eigenvalue weighted by Crippen LogP contribution is -2.28. The molecule has 1 aromatic carbocycles. The summed E-state index contributed by atoms with van der Waals surface area (Å²) in [6, 6.07) is 6.56. The summed E-state index contributed by atoms with van der Waals surface area (Å²) in [4.78, 5) is 33.5. The maximum Gasteiger partial charge on any atom is 0.295 e. The van der Waals surface area contributed by atoms with Crippen LogP contribution >= 0.6 is 0 Å². The van der Waals surface area contributed by atoms with Crippen LogP contribution in [0.1, 0.15) is 27.6 Å². The third kappa shape index (κ3) is 2.05.